The first-order valence-electron chi connectivity index (χ1n) is 14.2. The molecule has 8 heteroatoms. The molecule has 1 amide bonds. The average molecular weight is 554 g/mol. The van der Waals surface area contributed by atoms with E-state index in [9.17, 15) is 9.90 Å². The van der Waals surface area contributed by atoms with E-state index in [1.807, 2.05) is 36.4 Å². The number of nitrogens with zero attached hydrogens (tertiary/aromatic N) is 4. The minimum atomic E-state index is -0.627. The largest absolute Gasteiger partial charge is 0.511 e. The molecule has 2 N–H and O–H groups in total. The van der Waals surface area contributed by atoms with E-state index < -0.39 is 6.04 Å². The number of rotatable bonds is 12. The summed E-state index contributed by atoms with van der Waals surface area (Å²) in [6.45, 7) is 12.2. The van der Waals surface area contributed by atoms with E-state index in [0.717, 1.165) is 36.0 Å². The number of amides is 1. The van der Waals surface area contributed by atoms with Crippen LogP contribution in [0.25, 0.3) is 22.8 Å². The lowest BCUT2D eigenvalue weighted by Crippen LogP contribution is -2.37. The quantitative estimate of drug-likeness (QED) is 0.143. The van der Waals surface area contributed by atoms with Gasteiger partial charge in [-0.15, -0.1) is 0 Å². The fourth-order valence-corrected chi connectivity index (χ4v) is 4.41. The first-order chi connectivity index (χ1) is 19.6. The van der Waals surface area contributed by atoms with E-state index in [0.29, 0.717) is 35.1 Å². The zero-order chi connectivity index (χ0) is 29.4. The van der Waals surface area contributed by atoms with Crippen molar-refractivity contribution in [1.29, 1.82) is 0 Å². The molecule has 0 aliphatic heterocycles. The highest BCUT2D eigenvalue weighted by atomic mass is 16.5. The Labute approximate surface area is 242 Å². The predicted molar refractivity (Wildman–Crippen MR) is 160 cm³/mol. The van der Waals surface area contributed by atoms with Crippen molar-refractivity contribution in [3.8, 4) is 22.8 Å². The number of aromatic nitrogens is 4. The second kappa shape index (κ2) is 13.4. The third-order valence-corrected chi connectivity index (χ3v) is 6.99. The molecule has 214 valence electrons. The van der Waals surface area contributed by atoms with E-state index in [1.54, 1.807) is 24.5 Å². The molecule has 0 aliphatic carbocycles. The molecular weight excluding hydrogens is 514 g/mol. The van der Waals surface area contributed by atoms with E-state index in [4.69, 9.17) is 4.52 Å². The minimum Gasteiger partial charge on any atom is -0.511 e. The van der Waals surface area contributed by atoms with E-state index in [2.05, 4.69) is 59.7 Å². The summed E-state index contributed by atoms with van der Waals surface area (Å²) in [6.07, 6.45) is 9.13. The average Bonchev–Trinajstić information content (AvgIpc) is 3.44. The number of nitrogens with one attached hydrogen (secondary N) is 1. The maximum atomic E-state index is 12.9. The first kappa shape index (κ1) is 29.6. The Morgan fingerprint density at radius 2 is 1.63 bits per heavy atom. The Kier molecular flexibility index (Phi) is 9.65. The number of carbonyl (C=O) groups is 1. The summed E-state index contributed by atoms with van der Waals surface area (Å²) in [5, 5.41) is 17.2. The summed E-state index contributed by atoms with van der Waals surface area (Å²) in [4.78, 5) is 26.3. The molecule has 0 saturated carbocycles. The predicted octanol–water partition coefficient (Wildman–Crippen LogP) is 7.03. The number of aliphatic hydroxyl groups excluding tert-OH is 1. The number of aryl methyl sites for hydroxylation is 1. The molecule has 4 aromatic rings. The molecule has 2 aromatic heterocycles. The van der Waals surface area contributed by atoms with Crippen LogP contribution in [-0.4, -0.2) is 37.2 Å². The second-order valence-corrected chi connectivity index (χ2v) is 11.4. The Hall–Kier alpha value is -4.33. The van der Waals surface area contributed by atoms with Gasteiger partial charge in [0, 0.05) is 29.9 Å². The summed E-state index contributed by atoms with van der Waals surface area (Å²) in [6, 6.07) is 14.6. The van der Waals surface area contributed by atoms with Crippen molar-refractivity contribution in [3.05, 3.63) is 95.8 Å². The maximum absolute atomic E-state index is 12.9. The molecule has 41 heavy (non-hydrogen) atoms. The summed E-state index contributed by atoms with van der Waals surface area (Å²) in [5.74, 6) is 1.33. The smallest absolute Gasteiger partial charge is 0.251 e. The highest BCUT2D eigenvalue weighted by Gasteiger charge is 2.19. The first-order valence-corrected chi connectivity index (χ1v) is 14.2. The van der Waals surface area contributed by atoms with Crippen molar-refractivity contribution >= 4 is 5.91 Å². The van der Waals surface area contributed by atoms with Crippen LogP contribution in [0.4, 0.5) is 0 Å². The second-order valence-electron chi connectivity index (χ2n) is 11.4. The Bertz CT molecular complexity index is 1440. The van der Waals surface area contributed by atoms with Crippen molar-refractivity contribution in [2.75, 3.05) is 0 Å². The van der Waals surface area contributed by atoms with Gasteiger partial charge in [0.15, 0.2) is 5.82 Å². The number of aliphatic hydroxyl groups is 1. The van der Waals surface area contributed by atoms with Crippen LogP contribution in [-0.2, 0) is 18.3 Å². The van der Waals surface area contributed by atoms with E-state index in [-0.39, 0.29) is 17.1 Å². The van der Waals surface area contributed by atoms with Crippen molar-refractivity contribution in [2.45, 2.75) is 77.7 Å². The zero-order valence-corrected chi connectivity index (χ0v) is 24.4. The molecule has 0 bridgehead atoms. The zero-order valence-electron chi connectivity index (χ0n) is 24.4. The normalized spacial score (nSPS) is 12.2. The van der Waals surface area contributed by atoms with Gasteiger partial charge in [-0.2, -0.15) is 4.98 Å². The van der Waals surface area contributed by atoms with Gasteiger partial charge in [0.05, 0.1) is 11.6 Å². The molecular formula is C33H39N5O3. The molecule has 0 saturated heterocycles. The highest BCUT2D eigenvalue weighted by Crippen LogP contribution is 2.23. The van der Waals surface area contributed by atoms with Gasteiger partial charge in [-0.3, -0.25) is 4.79 Å². The number of hydrogen-bond donors (Lipinski definition) is 2. The third-order valence-electron chi connectivity index (χ3n) is 6.99. The molecule has 0 aliphatic rings. The fourth-order valence-electron chi connectivity index (χ4n) is 4.41. The molecule has 0 unspecified atom stereocenters. The number of unbranched alkanes of at least 4 members (excludes halogenated alkanes) is 3. The molecule has 0 radical (unpaired) electrons. The van der Waals surface area contributed by atoms with Gasteiger partial charge in [-0.05, 0) is 41.5 Å². The standard InChI is InChI=1S/C33H39N5O3/c1-6-7-8-9-10-29-37-31(38-41-29)26-20-34-30(35-21-26)24-13-11-23(12-14-24)19-28(22(2)39)36-32(40)25-15-17-27(18-16-25)33(3,4)5/h11-18,20-21,28,39H,2,6-10,19H2,1,3-5H3,(H,36,40)/t28-/m0/s1. The van der Waals surface area contributed by atoms with Crippen LogP contribution in [0.3, 0.4) is 0 Å². The highest BCUT2D eigenvalue weighted by molar-refractivity contribution is 5.94. The lowest BCUT2D eigenvalue weighted by atomic mass is 9.86. The van der Waals surface area contributed by atoms with Crippen LogP contribution in [0.1, 0.15) is 80.8 Å². The van der Waals surface area contributed by atoms with Gasteiger partial charge in [-0.1, -0.05) is 95.1 Å². The van der Waals surface area contributed by atoms with Gasteiger partial charge in [0.2, 0.25) is 11.7 Å². The lowest BCUT2D eigenvalue weighted by Gasteiger charge is -2.20. The van der Waals surface area contributed by atoms with Crippen LogP contribution >= 0.6 is 0 Å². The number of hydrogen-bond acceptors (Lipinski definition) is 7. The topological polar surface area (TPSA) is 114 Å². The fraction of sp³-hybridized carbons (Fsp3) is 0.364. The molecule has 2 aromatic carbocycles. The van der Waals surface area contributed by atoms with Gasteiger partial charge in [-0.25, -0.2) is 9.97 Å². The summed E-state index contributed by atoms with van der Waals surface area (Å²) in [7, 11) is 0. The number of benzene rings is 2. The van der Waals surface area contributed by atoms with Gasteiger partial charge in [0.25, 0.3) is 5.91 Å². The maximum Gasteiger partial charge on any atom is 0.251 e. The summed E-state index contributed by atoms with van der Waals surface area (Å²) in [5.41, 5.74) is 4.14. The molecule has 2 heterocycles. The van der Waals surface area contributed by atoms with Crippen molar-refractivity contribution in [2.24, 2.45) is 0 Å². The van der Waals surface area contributed by atoms with Crippen molar-refractivity contribution in [1.82, 2.24) is 25.4 Å². The van der Waals surface area contributed by atoms with Crippen molar-refractivity contribution < 1.29 is 14.4 Å². The van der Waals surface area contributed by atoms with E-state index >= 15 is 0 Å². The van der Waals surface area contributed by atoms with E-state index in [1.165, 1.54) is 12.8 Å². The lowest BCUT2D eigenvalue weighted by molar-refractivity contribution is 0.0933. The van der Waals surface area contributed by atoms with Gasteiger partial charge in [0.1, 0.15) is 5.76 Å². The Morgan fingerprint density at radius 3 is 2.24 bits per heavy atom. The molecule has 1 atom stereocenters. The SMILES string of the molecule is C=C(O)[C@H](Cc1ccc(-c2ncc(-c3noc(CCCCCC)n3)cn2)cc1)NC(=O)c1ccc(C(C)(C)C)cc1. The molecule has 8 nitrogen and oxygen atoms in total. The molecule has 4 rings (SSSR count). The third kappa shape index (κ3) is 8.10. The molecule has 0 fully saturated rings. The van der Waals surface area contributed by atoms with Crippen LogP contribution in [0.2, 0.25) is 0 Å². The monoisotopic (exact) mass is 553 g/mol. The van der Waals surface area contributed by atoms with Crippen LogP contribution in [0.5, 0.6) is 0 Å². The number of carbonyl (C=O) groups excluding carboxylic acids is 1. The Balaban J connectivity index is 1.36. The molecule has 0 spiro atoms. The van der Waals surface area contributed by atoms with Crippen LogP contribution in [0.15, 0.2) is 77.8 Å². The Morgan fingerprint density at radius 1 is 0.951 bits per heavy atom. The van der Waals surface area contributed by atoms with Crippen LogP contribution < -0.4 is 5.32 Å². The van der Waals surface area contributed by atoms with Crippen LogP contribution in [0, 0.1) is 0 Å². The summed E-state index contributed by atoms with van der Waals surface area (Å²) < 4.78 is 5.37. The van der Waals surface area contributed by atoms with Crippen molar-refractivity contribution in [3.63, 3.8) is 0 Å². The van der Waals surface area contributed by atoms with Gasteiger partial charge < -0.3 is 14.9 Å². The minimum absolute atomic E-state index is 0.00171. The van der Waals surface area contributed by atoms with Gasteiger partial charge >= 0.3 is 0 Å². The summed E-state index contributed by atoms with van der Waals surface area (Å²) >= 11 is 0.